The van der Waals surface area contributed by atoms with Crippen LogP contribution in [0, 0.1) is 11.3 Å². The lowest BCUT2D eigenvalue weighted by atomic mass is 10.1. The SMILES string of the molecule is C=CCn1c(SCC(=O)Nc2sc3c(c2C#N)CCCCC3)nnc1-c1cc(OC)c(OC)c(OC)c1. The molecule has 0 atom stereocenters. The van der Waals surface area contributed by atoms with Crippen LogP contribution in [0.15, 0.2) is 29.9 Å². The summed E-state index contributed by atoms with van der Waals surface area (Å²) in [6, 6.07) is 5.91. The minimum atomic E-state index is -0.194. The number of nitrogens with zero attached hydrogens (tertiary/aromatic N) is 4. The summed E-state index contributed by atoms with van der Waals surface area (Å²) in [4.78, 5) is 14.1. The number of rotatable bonds is 10. The van der Waals surface area contributed by atoms with Crippen molar-refractivity contribution in [3.63, 3.8) is 0 Å². The van der Waals surface area contributed by atoms with Crippen molar-refractivity contribution in [3.05, 3.63) is 40.8 Å². The van der Waals surface area contributed by atoms with Gasteiger partial charge in [-0.05, 0) is 43.4 Å². The van der Waals surface area contributed by atoms with Gasteiger partial charge in [-0.1, -0.05) is 24.3 Å². The molecule has 37 heavy (non-hydrogen) atoms. The summed E-state index contributed by atoms with van der Waals surface area (Å²) >= 11 is 2.80. The van der Waals surface area contributed by atoms with Crippen molar-refractivity contribution in [1.82, 2.24) is 14.8 Å². The molecule has 0 unspecified atom stereocenters. The van der Waals surface area contributed by atoms with Gasteiger partial charge in [0.15, 0.2) is 22.5 Å². The van der Waals surface area contributed by atoms with E-state index in [0.29, 0.717) is 45.3 Å². The quantitative estimate of drug-likeness (QED) is 0.215. The topological polar surface area (TPSA) is 111 Å². The minimum absolute atomic E-state index is 0.123. The van der Waals surface area contributed by atoms with Gasteiger partial charge < -0.3 is 19.5 Å². The number of hydrogen-bond donors (Lipinski definition) is 1. The Morgan fingerprint density at radius 2 is 1.92 bits per heavy atom. The highest BCUT2D eigenvalue weighted by atomic mass is 32.2. The molecule has 9 nitrogen and oxygen atoms in total. The van der Waals surface area contributed by atoms with Gasteiger partial charge in [-0.3, -0.25) is 9.36 Å². The predicted molar refractivity (Wildman–Crippen MR) is 145 cm³/mol. The Balaban J connectivity index is 1.54. The first-order chi connectivity index (χ1) is 18.0. The molecule has 194 valence electrons. The maximum absolute atomic E-state index is 12.9. The molecule has 3 aromatic rings. The molecule has 1 aliphatic rings. The lowest BCUT2D eigenvalue weighted by Crippen LogP contribution is -2.14. The summed E-state index contributed by atoms with van der Waals surface area (Å²) in [6.45, 7) is 4.29. The number of aryl methyl sites for hydroxylation is 1. The lowest BCUT2D eigenvalue weighted by Gasteiger charge is -2.14. The van der Waals surface area contributed by atoms with E-state index in [2.05, 4.69) is 28.2 Å². The highest BCUT2D eigenvalue weighted by Crippen LogP contribution is 2.41. The third kappa shape index (κ3) is 5.60. The standard InChI is InChI=1S/C26H29N5O4S2/c1-5-11-31-24(16-12-19(33-2)23(35-4)20(13-16)34-3)29-30-26(31)36-15-22(32)28-25-18(14-27)17-9-7-6-8-10-21(17)37-25/h5,12-13H,1,6-11,15H2,2-4H3,(H,28,32). The molecule has 1 aromatic carbocycles. The largest absolute Gasteiger partial charge is 0.493 e. The van der Waals surface area contributed by atoms with Crippen molar-refractivity contribution >= 4 is 34.0 Å². The lowest BCUT2D eigenvalue weighted by molar-refractivity contribution is -0.113. The van der Waals surface area contributed by atoms with Gasteiger partial charge in [0.2, 0.25) is 11.7 Å². The van der Waals surface area contributed by atoms with E-state index in [9.17, 15) is 10.1 Å². The van der Waals surface area contributed by atoms with Crippen molar-refractivity contribution in [1.29, 1.82) is 5.26 Å². The van der Waals surface area contributed by atoms with E-state index in [4.69, 9.17) is 14.2 Å². The Kier molecular flexibility index (Phi) is 8.74. The van der Waals surface area contributed by atoms with Crippen LogP contribution < -0.4 is 19.5 Å². The number of nitriles is 1. The van der Waals surface area contributed by atoms with E-state index in [1.807, 2.05) is 4.57 Å². The normalized spacial score (nSPS) is 12.7. The van der Waals surface area contributed by atoms with Gasteiger partial charge in [0, 0.05) is 17.0 Å². The number of amides is 1. The fourth-order valence-electron chi connectivity index (χ4n) is 4.35. The molecule has 4 rings (SSSR count). The van der Waals surface area contributed by atoms with Gasteiger partial charge >= 0.3 is 0 Å². The average molecular weight is 540 g/mol. The van der Waals surface area contributed by atoms with E-state index >= 15 is 0 Å². The maximum atomic E-state index is 12.9. The van der Waals surface area contributed by atoms with E-state index in [1.165, 1.54) is 34.4 Å². The Morgan fingerprint density at radius 1 is 1.19 bits per heavy atom. The van der Waals surface area contributed by atoms with E-state index in [1.54, 1.807) is 39.5 Å². The molecule has 0 bridgehead atoms. The Labute approximate surface area is 224 Å². The number of allylic oxidation sites excluding steroid dienone is 1. The van der Waals surface area contributed by atoms with Crippen LogP contribution in [0.4, 0.5) is 5.00 Å². The van der Waals surface area contributed by atoms with E-state index < -0.39 is 0 Å². The molecule has 11 heteroatoms. The minimum Gasteiger partial charge on any atom is -0.493 e. The third-order valence-corrected chi connectivity index (χ3v) is 8.24. The van der Waals surface area contributed by atoms with Gasteiger partial charge in [-0.25, -0.2) is 0 Å². The number of hydrogen-bond acceptors (Lipinski definition) is 9. The summed E-state index contributed by atoms with van der Waals surface area (Å²) < 4.78 is 18.2. The van der Waals surface area contributed by atoms with Crippen LogP contribution in [0.1, 0.15) is 35.3 Å². The van der Waals surface area contributed by atoms with E-state index in [0.717, 1.165) is 36.8 Å². The van der Waals surface area contributed by atoms with Gasteiger partial charge in [0.25, 0.3) is 0 Å². The Bertz CT molecular complexity index is 1320. The summed E-state index contributed by atoms with van der Waals surface area (Å²) in [5, 5.41) is 22.6. The highest BCUT2D eigenvalue weighted by molar-refractivity contribution is 7.99. The molecular formula is C26H29N5O4S2. The number of benzene rings is 1. The molecule has 0 fully saturated rings. The molecule has 1 aliphatic carbocycles. The van der Waals surface area contributed by atoms with Crippen molar-refractivity contribution < 1.29 is 19.0 Å². The summed E-state index contributed by atoms with van der Waals surface area (Å²) in [6.07, 6.45) is 6.98. The Morgan fingerprint density at radius 3 is 2.57 bits per heavy atom. The second-order valence-corrected chi connectivity index (χ2v) is 10.4. The first-order valence-corrected chi connectivity index (χ1v) is 13.7. The van der Waals surface area contributed by atoms with Gasteiger partial charge in [-0.2, -0.15) is 5.26 Å². The Hall–Kier alpha value is -3.49. The van der Waals surface area contributed by atoms with Crippen LogP contribution >= 0.6 is 23.1 Å². The molecule has 0 saturated carbocycles. The number of ether oxygens (including phenoxy) is 3. The first-order valence-electron chi connectivity index (χ1n) is 11.9. The van der Waals surface area contributed by atoms with Crippen molar-refractivity contribution in [2.24, 2.45) is 0 Å². The van der Waals surface area contributed by atoms with Crippen LogP contribution in [-0.4, -0.2) is 47.8 Å². The molecule has 0 spiro atoms. The average Bonchev–Trinajstić information content (AvgIpc) is 3.37. The zero-order valence-electron chi connectivity index (χ0n) is 21.1. The molecule has 2 aromatic heterocycles. The number of methoxy groups -OCH3 is 3. The van der Waals surface area contributed by atoms with Crippen LogP contribution in [-0.2, 0) is 24.2 Å². The highest BCUT2D eigenvalue weighted by Gasteiger charge is 2.23. The van der Waals surface area contributed by atoms with Crippen LogP contribution in [0.25, 0.3) is 11.4 Å². The number of carbonyl (C=O) groups is 1. The first kappa shape index (κ1) is 26.6. The summed E-state index contributed by atoms with van der Waals surface area (Å²) in [7, 11) is 4.66. The van der Waals surface area contributed by atoms with Crippen molar-refractivity contribution in [2.75, 3.05) is 32.4 Å². The van der Waals surface area contributed by atoms with Gasteiger partial charge in [-0.15, -0.1) is 28.1 Å². The molecule has 0 saturated heterocycles. The van der Waals surface area contributed by atoms with Crippen LogP contribution in [0.2, 0.25) is 0 Å². The zero-order valence-corrected chi connectivity index (χ0v) is 22.8. The second-order valence-electron chi connectivity index (χ2n) is 8.34. The fraction of sp³-hybridized carbons (Fsp3) is 0.385. The second kappa shape index (κ2) is 12.2. The predicted octanol–water partition coefficient (Wildman–Crippen LogP) is 5.09. The zero-order chi connectivity index (χ0) is 26.4. The number of thioether (sulfide) groups is 1. The number of anilines is 1. The van der Waals surface area contributed by atoms with Crippen molar-refractivity contribution in [2.45, 2.75) is 43.8 Å². The van der Waals surface area contributed by atoms with Crippen LogP contribution in [0.3, 0.4) is 0 Å². The number of aromatic nitrogens is 3. The van der Waals surface area contributed by atoms with Crippen molar-refractivity contribution in [3.8, 4) is 34.7 Å². The molecule has 1 N–H and O–H groups in total. The molecule has 0 radical (unpaired) electrons. The summed E-state index contributed by atoms with van der Waals surface area (Å²) in [5.41, 5.74) is 2.44. The number of carbonyl (C=O) groups excluding carboxylic acids is 1. The monoisotopic (exact) mass is 539 g/mol. The number of thiophene rings is 1. The van der Waals surface area contributed by atoms with Crippen LogP contribution in [0.5, 0.6) is 17.2 Å². The fourth-order valence-corrected chi connectivity index (χ4v) is 6.36. The van der Waals surface area contributed by atoms with Gasteiger partial charge in [0.1, 0.15) is 11.1 Å². The molecule has 1 amide bonds. The number of fused-ring (bicyclic) bond motifs is 1. The maximum Gasteiger partial charge on any atom is 0.235 e. The number of nitrogens with one attached hydrogen (secondary N) is 1. The summed E-state index contributed by atoms with van der Waals surface area (Å²) in [5.74, 6) is 1.99. The smallest absolute Gasteiger partial charge is 0.235 e. The van der Waals surface area contributed by atoms with Gasteiger partial charge in [0.05, 0.1) is 32.6 Å². The van der Waals surface area contributed by atoms with E-state index in [-0.39, 0.29) is 11.7 Å². The third-order valence-electron chi connectivity index (χ3n) is 6.07. The molecule has 0 aliphatic heterocycles. The molecule has 2 heterocycles. The molecular weight excluding hydrogens is 510 g/mol.